The first-order chi connectivity index (χ1) is 9.47. The summed E-state index contributed by atoms with van der Waals surface area (Å²) in [5.41, 5.74) is 4.35. The number of benzene rings is 2. The molecule has 0 radical (unpaired) electrons. The lowest BCUT2D eigenvalue weighted by atomic mass is 10.1. The quantitative estimate of drug-likeness (QED) is 0.892. The summed E-state index contributed by atoms with van der Waals surface area (Å²) in [6.07, 6.45) is -0.527. The zero-order chi connectivity index (χ0) is 14.7. The summed E-state index contributed by atoms with van der Waals surface area (Å²) in [6.45, 7) is 6.33. The van der Waals surface area contributed by atoms with Crippen molar-refractivity contribution in [2.75, 3.05) is 0 Å². The maximum absolute atomic E-state index is 9.51. The van der Waals surface area contributed by atoms with Crippen molar-refractivity contribution in [1.82, 2.24) is 0 Å². The molecule has 0 amide bonds. The minimum Gasteiger partial charge on any atom is -0.487 e. The Bertz CT molecular complexity index is 606. The van der Waals surface area contributed by atoms with Gasteiger partial charge in [0.25, 0.3) is 0 Å². The van der Waals surface area contributed by atoms with E-state index in [-0.39, 0.29) is 0 Å². The number of ether oxygens (including phenoxy) is 1. The van der Waals surface area contributed by atoms with Crippen molar-refractivity contribution >= 4 is 11.6 Å². The van der Waals surface area contributed by atoms with Gasteiger partial charge in [0.1, 0.15) is 12.4 Å². The van der Waals surface area contributed by atoms with E-state index in [1.165, 1.54) is 11.1 Å². The molecule has 2 aromatic carbocycles. The van der Waals surface area contributed by atoms with Crippen molar-refractivity contribution in [2.45, 2.75) is 33.5 Å². The summed E-state index contributed by atoms with van der Waals surface area (Å²) in [5.74, 6) is 0.636. The van der Waals surface area contributed by atoms with Crippen LogP contribution in [0.1, 0.15) is 35.3 Å². The van der Waals surface area contributed by atoms with E-state index >= 15 is 0 Å². The van der Waals surface area contributed by atoms with Crippen molar-refractivity contribution in [1.29, 1.82) is 0 Å². The molecule has 106 valence electrons. The fourth-order valence-corrected chi connectivity index (χ4v) is 2.25. The Labute approximate surface area is 125 Å². The Morgan fingerprint density at radius 3 is 2.55 bits per heavy atom. The van der Waals surface area contributed by atoms with Gasteiger partial charge >= 0.3 is 0 Å². The van der Waals surface area contributed by atoms with E-state index < -0.39 is 6.10 Å². The molecular weight excluding hydrogens is 272 g/mol. The first-order valence-corrected chi connectivity index (χ1v) is 7.01. The normalized spacial score (nSPS) is 12.2. The first kappa shape index (κ1) is 14.9. The van der Waals surface area contributed by atoms with Gasteiger partial charge in [0.2, 0.25) is 0 Å². The van der Waals surface area contributed by atoms with Gasteiger partial charge in [0.15, 0.2) is 0 Å². The molecule has 2 nitrogen and oxygen atoms in total. The highest BCUT2D eigenvalue weighted by molar-refractivity contribution is 6.32. The predicted molar refractivity (Wildman–Crippen MR) is 82.3 cm³/mol. The van der Waals surface area contributed by atoms with Crippen LogP contribution >= 0.6 is 11.6 Å². The van der Waals surface area contributed by atoms with Gasteiger partial charge in [-0.2, -0.15) is 0 Å². The summed E-state index contributed by atoms with van der Waals surface area (Å²) in [6, 6.07) is 11.7. The van der Waals surface area contributed by atoms with Crippen LogP contribution in [0.2, 0.25) is 5.02 Å². The molecule has 0 aliphatic heterocycles. The number of hydrogen-bond acceptors (Lipinski definition) is 2. The highest BCUT2D eigenvalue weighted by Crippen LogP contribution is 2.28. The molecule has 0 fully saturated rings. The highest BCUT2D eigenvalue weighted by atomic mass is 35.5. The maximum atomic E-state index is 9.51. The number of aliphatic hydroxyl groups is 1. The molecule has 0 aromatic heterocycles. The van der Waals surface area contributed by atoms with Gasteiger partial charge in [0.05, 0.1) is 11.1 Å². The summed E-state index contributed by atoms with van der Waals surface area (Å²) in [5, 5.41) is 10.0. The van der Waals surface area contributed by atoms with Crippen LogP contribution in [-0.2, 0) is 6.61 Å². The van der Waals surface area contributed by atoms with Crippen molar-refractivity contribution in [3.8, 4) is 5.75 Å². The topological polar surface area (TPSA) is 29.5 Å². The Kier molecular flexibility index (Phi) is 4.69. The second-order valence-electron chi connectivity index (χ2n) is 5.08. The minimum absolute atomic E-state index is 0.487. The molecular formula is C17H19ClO2. The lowest BCUT2D eigenvalue weighted by Crippen LogP contribution is -2.00. The molecule has 2 rings (SSSR count). The Hall–Kier alpha value is -1.51. The fourth-order valence-electron chi connectivity index (χ4n) is 2.01. The molecule has 0 aliphatic rings. The Morgan fingerprint density at radius 2 is 1.90 bits per heavy atom. The summed E-state index contributed by atoms with van der Waals surface area (Å²) in [7, 11) is 0. The predicted octanol–water partition coefficient (Wildman–Crippen LogP) is 4.59. The third-order valence-corrected chi connectivity index (χ3v) is 3.62. The van der Waals surface area contributed by atoms with Crippen LogP contribution in [0.5, 0.6) is 5.75 Å². The van der Waals surface area contributed by atoms with Crippen LogP contribution in [-0.4, -0.2) is 5.11 Å². The summed E-state index contributed by atoms with van der Waals surface area (Å²) >= 11 is 6.17. The minimum atomic E-state index is -0.527. The van der Waals surface area contributed by atoms with Crippen molar-refractivity contribution in [3.05, 3.63) is 63.7 Å². The molecule has 0 heterocycles. The fraction of sp³-hybridized carbons (Fsp3) is 0.294. The molecule has 1 unspecified atom stereocenters. The van der Waals surface area contributed by atoms with E-state index in [1.54, 1.807) is 19.1 Å². The summed E-state index contributed by atoms with van der Waals surface area (Å²) < 4.78 is 5.78. The van der Waals surface area contributed by atoms with Gasteiger partial charge in [0, 0.05) is 0 Å². The van der Waals surface area contributed by atoms with Gasteiger partial charge in [-0.25, -0.2) is 0 Å². The molecule has 20 heavy (non-hydrogen) atoms. The van der Waals surface area contributed by atoms with Crippen molar-refractivity contribution in [2.24, 2.45) is 0 Å². The zero-order valence-electron chi connectivity index (χ0n) is 12.0. The van der Waals surface area contributed by atoms with E-state index in [2.05, 4.69) is 32.0 Å². The number of rotatable bonds is 4. The zero-order valence-corrected chi connectivity index (χ0v) is 12.7. The molecule has 0 saturated heterocycles. The van der Waals surface area contributed by atoms with Crippen molar-refractivity contribution in [3.63, 3.8) is 0 Å². The van der Waals surface area contributed by atoms with Gasteiger partial charge < -0.3 is 9.84 Å². The Morgan fingerprint density at radius 1 is 1.15 bits per heavy atom. The SMILES string of the molecule is Cc1ccc(C)c(COc2ccc(C(C)O)cc2Cl)c1. The van der Waals surface area contributed by atoms with Crippen molar-refractivity contribution < 1.29 is 9.84 Å². The van der Waals surface area contributed by atoms with E-state index in [0.717, 1.165) is 11.1 Å². The van der Waals surface area contributed by atoms with E-state index in [4.69, 9.17) is 16.3 Å². The monoisotopic (exact) mass is 290 g/mol. The second-order valence-corrected chi connectivity index (χ2v) is 5.49. The molecule has 3 heteroatoms. The lowest BCUT2D eigenvalue weighted by Gasteiger charge is -2.12. The van der Waals surface area contributed by atoms with Crippen LogP contribution in [0.3, 0.4) is 0 Å². The highest BCUT2D eigenvalue weighted by Gasteiger charge is 2.07. The van der Waals surface area contributed by atoms with Gasteiger partial charge in [-0.3, -0.25) is 0 Å². The van der Waals surface area contributed by atoms with Gasteiger partial charge in [-0.05, 0) is 49.6 Å². The standard InChI is InChI=1S/C17H19ClO2/c1-11-4-5-12(2)15(8-11)10-20-17-7-6-14(13(3)19)9-16(17)18/h4-9,13,19H,10H2,1-3H3. The first-order valence-electron chi connectivity index (χ1n) is 6.64. The number of aliphatic hydroxyl groups excluding tert-OH is 1. The summed E-state index contributed by atoms with van der Waals surface area (Å²) in [4.78, 5) is 0. The second kappa shape index (κ2) is 6.29. The van der Waals surface area contributed by atoms with Gasteiger partial charge in [-0.15, -0.1) is 0 Å². The Balaban J connectivity index is 2.13. The third kappa shape index (κ3) is 3.53. The number of halogens is 1. The van der Waals surface area contributed by atoms with E-state index in [0.29, 0.717) is 17.4 Å². The molecule has 1 N–H and O–H groups in total. The molecule has 0 bridgehead atoms. The van der Waals surface area contributed by atoms with E-state index in [1.807, 2.05) is 6.07 Å². The molecule has 0 spiro atoms. The molecule has 0 aliphatic carbocycles. The van der Waals surface area contributed by atoms with Crippen LogP contribution in [0.4, 0.5) is 0 Å². The number of hydrogen-bond donors (Lipinski definition) is 1. The molecule has 0 saturated carbocycles. The third-order valence-electron chi connectivity index (χ3n) is 3.33. The average Bonchev–Trinajstić information content (AvgIpc) is 2.40. The van der Waals surface area contributed by atoms with Crippen LogP contribution in [0, 0.1) is 13.8 Å². The van der Waals surface area contributed by atoms with Crippen LogP contribution < -0.4 is 4.74 Å². The average molecular weight is 291 g/mol. The van der Waals surface area contributed by atoms with Gasteiger partial charge in [-0.1, -0.05) is 41.4 Å². The number of aryl methyl sites for hydroxylation is 2. The molecule has 2 aromatic rings. The van der Waals surface area contributed by atoms with Crippen LogP contribution in [0.15, 0.2) is 36.4 Å². The van der Waals surface area contributed by atoms with Crippen LogP contribution in [0.25, 0.3) is 0 Å². The lowest BCUT2D eigenvalue weighted by molar-refractivity contribution is 0.199. The maximum Gasteiger partial charge on any atom is 0.138 e. The van der Waals surface area contributed by atoms with E-state index in [9.17, 15) is 5.11 Å². The smallest absolute Gasteiger partial charge is 0.138 e. The largest absolute Gasteiger partial charge is 0.487 e. The molecule has 1 atom stereocenters.